The average molecular weight is 872 g/mol. The summed E-state index contributed by atoms with van der Waals surface area (Å²) in [6.07, 6.45) is 2.54. The molecule has 51 heavy (non-hydrogen) atoms. The Kier molecular flexibility index (Phi) is 23.0. The standard InChI is InChI=1S/C32H74O10Si9/c1-18-32(34)36-24-22-27-51(40-46(8,9)19-2,41-47(10,11)20-3)42-50(16,17)30-29-49(14,15)39-48(12,13)28-26-44(7)38-45(37-43(5)6)25-21-23-35-31(4)33/h18-20,43-45H,1-3,21-30H2,4-17H3. The quantitative estimate of drug-likeness (QED) is 0.0317. The van der Waals surface area contributed by atoms with Crippen LogP contribution in [0, 0.1) is 0 Å². The van der Waals surface area contributed by atoms with Gasteiger partial charge in [-0.05, 0) is 128 Å². The molecule has 0 aliphatic carbocycles. The van der Waals surface area contributed by atoms with Crippen molar-refractivity contribution in [3.8, 4) is 0 Å². The van der Waals surface area contributed by atoms with Gasteiger partial charge >= 0.3 is 30.0 Å². The maximum absolute atomic E-state index is 11.8. The summed E-state index contributed by atoms with van der Waals surface area (Å²) < 4.78 is 51.7. The Balaban J connectivity index is 5.70. The van der Waals surface area contributed by atoms with Crippen molar-refractivity contribution in [2.75, 3.05) is 13.2 Å². The molecule has 0 fully saturated rings. The Bertz CT molecular complexity index is 1080. The molecule has 2 unspecified atom stereocenters. The molecule has 0 N–H and O–H groups in total. The maximum Gasteiger partial charge on any atom is 0.470 e. The summed E-state index contributed by atoms with van der Waals surface area (Å²) in [5, 5.41) is 0. The second kappa shape index (κ2) is 23.1. The number of hydrogen-bond donors (Lipinski definition) is 0. The van der Waals surface area contributed by atoms with E-state index < -0.39 is 83.7 Å². The monoisotopic (exact) mass is 870 g/mol. The normalized spacial score (nSPS) is 14.6. The van der Waals surface area contributed by atoms with Crippen molar-refractivity contribution in [3.63, 3.8) is 0 Å². The van der Waals surface area contributed by atoms with Crippen LogP contribution in [-0.4, -0.2) is 103 Å². The fourth-order valence-corrected chi connectivity index (χ4v) is 43.1. The topological polar surface area (TPSA) is 108 Å². The molecule has 2 atom stereocenters. The summed E-state index contributed by atoms with van der Waals surface area (Å²) in [6.45, 7) is 42.8. The van der Waals surface area contributed by atoms with E-state index in [2.05, 4.69) is 105 Å². The zero-order valence-corrected chi connectivity index (χ0v) is 44.2. The highest BCUT2D eigenvalue weighted by Gasteiger charge is 2.51. The highest BCUT2D eigenvalue weighted by Crippen LogP contribution is 2.34. The maximum atomic E-state index is 11.8. The Hall–Kier alpha value is -0.128. The first kappa shape index (κ1) is 50.9. The molecule has 0 aliphatic rings. The van der Waals surface area contributed by atoms with Gasteiger partial charge in [-0.25, -0.2) is 4.79 Å². The van der Waals surface area contributed by atoms with E-state index in [0.717, 1.165) is 36.6 Å². The number of hydrogen-bond acceptors (Lipinski definition) is 10. The van der Waals surface area contributed by atoms with Crippen LogP contribution in [0.1, 0.15) is 19.8 Å². The third-order valence-corrected chi connectivity index (χ3v) is 39.5. The molecule has 0 rings (SSSR count). The van der Waals surface area contributed by atoms with Crippen molar-refractivity contribution < 1.29 is 43.8 Å². The van der Waals surface area contributed by atoms with E-state index in [-0.39, 0.29) is 12.6 Å². The first-order chi connectivity index (χ1) is 23.2. The Morgan fingerprint density at radius 1 is 0.608 bits per heavy atom. The van der Waals surface area contributed by atoms with E-state index in [4.69, 9.17) is 34.2 Å². The van der Waals surface area contributed by atoms with Crippen LogP contribution >= 0.6 is 0 Å². The largest absolute Gasteiger partial charge is 0.470 e. The van der Waals surface area contributed by atoms with Crippen molar-refractivity contribution >= 4 is 89.7 Å². The van der Waals surface area contributed by atoms with Crippen LogP contribution < -0.4 is 0 Å². The zero-order valence-electron chi connectivity index (χ0n) is 34.7. The molecule has 0 aliphatic heterocycles. The third-order valence-electron chi connectivity index (χ3n) is 8.02. The van der Waals surface area contributed by atoms with Crippen molar-refractivity contribution in [1.29, 1.82) is 0 Å². The minimum atomic E-state index is -3.26. The Labute approximate surface area is 323 Å². The van der Waals surface area contributed by atoms with Crippen LogP contribution in [0.4, 0.5) is 0 Å². The molecule has 0 aromatic carbocycles. The van der Waals surface area contributed by atoms with Crippen molar-refractivity contribution in [1.82, 2.24) is 0 Å². The molecule has 0 aromatic rings. The van der Waals surface area contributed by atoms with E-state index in [1.165, 1.54) is 13.0 Å². The summed E-state index contributed by atoms with van der Waals surface area (Å²) in [7, 11) is -18.7. The van der Waals surface area contributed by atoms with Gasteiger partial charge in [-0.3, -0.25) is 4.79 Å². The van der Waals surface area contributed by atoms with Gasteiger partial charge in [0.25, 0.3) is 0 Å². The van der Waals surface area contributed by atoms with Crippen LogP contribution in [-0.2, 0) is 43.8 Å². The lowest BCUT2D eigenvalue weighted by molar-refractivity contribution is -0.141. The molecule has 0 aromatic heterocycles. The smallest absolute Gasteiger partial charge is 0.466 e. The predicted octanol–water partition coefficient (Wildman–Crippen LogP) is 8.13. The molecular formula is C32H74O10Si9. The van der Waals surface area contributed by atoms with E-state index in [1.807, 2.05) is 11.4 Å². The number of rotatable bonds is 29. The summed E-state index contributed by atoms with van der Waals surface area (Å²) >= 11 is 0. The summed E-state index contributed by atoms with van der Waals surface area (Å²) in [4.78, 5) is 22.9. The van der Waals surface area contributed by atoms with Crippen molar-refractivity contribution in [2.45, 2.75) is 141 Å². The van der Waals surface area contributed by atoms with Gasteiger partial charge in [0.05, 0.1) is 13.2 Å². The van der Waals surface area contributed by atoms with Gasteiger partial charge in [0.15, 0.2) is 43.0 Å². The lowest BCUT2D eigenvalue weighted by Gasteiger charge is -2.44. The van der Waals surface area contributed by atoms with Gasteiger partial charge in [0.1, 0.15) is 0 Å². The van der Waals surface area contributed by atoms with Crippen LogP contribution in [0.15, 0.2) is 37.2 Å². The Morgan fingerprint density at radius 3 is 1.57 bits per heavy atom. The molecule has 0 radical (unpaired) electrons. The van der Waals surface area contributed by atoms with E-state index in [9.17, 15) is 9.59 Å². The number of carbonyl (C=O) groups is 2. The van der Waals surface area contributed by atoms with Gasteiger partial charge < -0.3 is 34.2 Å². The fraction of sp³-hybridized carbons (Fsp3) is 0.750. The third kappa shape index (κ3) is 24.8. The lowest BCUT2D eigenvalue weighted by Crippen LogP contribution is -2.61. The zero-order chi connectivity index (χ0) is 39.7. The molecule has 0 bridgehead atoms. The van der Waals surface area contributed by atoms with Crippen LogP contribution in [0.25, 0.3) is 0 Å². The summed E-state index contributed by atoms with van der Waals surface area (Å²) in [5.41, 5.74) is 3.85. The molecule has 0 saturated heterocycles. The van der Waals surface area contributed by atoms with E-state index in [1.54, 1.807) is 0 Å². The second-order valence-corrected chi connectivity index (χ2v) is 48.9. The van der Waals surface area contributed by atoms with Crippen molar-refractivity contribution in [2.24, 2.45) is 0 Å². The van der Waals surface area contributed by atoms with E-state index in [0.29, 0.717) is 19.1 Å². The molecule has 10 nitrogen and oxygen atoms in total. The number of esters is 2. The predicted molar refractivity (Wildman–Crippen MR) is 235 cm³/mol. The van der Waals surface area contributed by atoms with Gasteiger partial charge in [0.2, 0.25) is 16.6 Å². The van der Waals surface area contributed by atoms with Gasteiger partial charge in [-0.15, -0.1) is 13.2 Å². The first-order valence-electron chi connectivity index (χ1n) is 18.5. The molecule has 0 saturated carbocycles. The SMILES string of the molecule is C=CC(=O)OCCC[Si](O[Si](C)(C)C=C)(O[Si](C)(C)C=C)O[Si](C)(C)CC[Si](C)(C)O[Si](C)(C)CC[SiH](C)O[SiH](CCCOC(C)=O)O[SiH](C)C. The highest BCUT2D eigenvalue weighted by molar-refractivity contribution is 6.93. The first-order valence-corrected chi connectivity index (χ1v) is 42.8. The second-order valence-electron chi connectivity index (χ2n) is 16.5. The molecular weight excluding hydrogens is 797 g/mol. The lowest BCUT2D eigenvalue weighted by atomic mass is 10.5. The molecule has 298 valence electrons. The fourth-order valence-electron chi connectivity index (χ4n) is 5.36. The molecule has 0 spiro atoms. The van der Waals surface area contributed by atoms with Gasteiger partial charge in [-0.1, -0.05) is 18.0 Å². The number of carbonyl (C=O) groups excluding carboxylic acids is 2. The van der Waals surface area contributed by atoms with E-state index >= 15 is 0 Å². The van der Waals surface area contributed by atoms with Crippen molar-refractivity contribution in [3.05, 3.63) is 37.2 Å². The molecule has 0 amide bonds. The summed E-state index contributed by atoms with van der Waals surface area (Å²) in [6, 6.07) is 5.48. The molecule has 0 heterocycles. The van der Waals surface area contributed by atoms with Crippen LogP contribution in [0.2, 0.25) is 121 Å². The van der Waals surface area contributed by atoms with Gasteiger partial charge in [-0.2, -0.15) is 0 Å². The van der Waals surface area contributed by atoms with Crippen LogP contribution in [0.5, 0.6) is 0 Å². The molecule has 19 heteroatoms. The summed E-state index contributed by atoms with van der Waals surface area (Å²) in [5.74, 6) is -0.681. The average Bonchev–Trinajstić information content (AvgIpc) is 2.98. The Morgan fingerprint density at radius 2 is 1.10 bits per heavy atom. The van der Waals surface area contributed by atoms with Crippen LogP contribution in [0.3, 0.4) is 0 Å². The number of ether oxygens (including phenoxy) is 2. The minimum absolute atomic E-state index is 0.241. The van der Waals surface area contributed by atoms with Gasteiger partial charge in [0, 0.05) is 19.0 Å². The minimum Gasteiger partial charge on any atom is -0.466 e. The highest BCUT2D eigenvalue weighted by atomic mass is 28.5.